The maximum atomic E-state index is 11.7. The SMILES string of the molecule is CC(C)(C)OC(=O)CCCCON=C(Cc1cnc[nH]1)C1CCCCC1. The first-order valence-corrected chi connectivity index (χ1v) is 9.82. The number of esters is 1. The maximum Gasteiger partial charge on any atom is 0.306 e. The second-order valence-corrected chi connectivity index (χ2v) is 8.05. The van der Waals surface area contributed by atoms with Gasteiger partial charge in [-0.25, -0.2) is 4.98 Å². The van der Waals surface area contributed by atoms with E-state index in [-0.39, 0.29) is 5.97 Å². The molecule has 0 radical (unpaired) electrons. The molecule has 1 N–H and O–H groups in total. The minimum absolute atomic E-state index is 0.150. The number of rotatable bonds is 9. The molecule has 6 nitrogen and oxygen atoms in total. The predicted octanol–water partition coefficient (Wildman–Crippen LogP) is 4.42. The Morgan fingerprint density at radius 3 is 2.69 bits per heavy atom. The number of H-pyrrole nitrogens is 1. The highest BCUT2D eigenvalue weighted by atomic mass is 16.6. The van der Waals surface area contributed by atoms with Crippen molar-refractivity contribution in [1.29, 1.82) is 0 Å². The lowest BCUT2D eigenvalue weighted by Crippen LogP contribution is -2.23. The lowest BCUT2D eigenvalue weighted by molar-refractivity contribution is -0.154. The zero-order valence-electron chi connectivity index (χ0n) is 16.4. The fourth-order valence-corrected chi connectivity index (χ4v) is 3.22. The third-order valence-electron chi connectivity index (χ3n) is 4.47. The van der Waals surface area contributed by atoms with Gasteiger partial charge in [0.25, 0.3) is 0 Å². The summed E-state index contributed by atoms with van der Waals surface area (Å²) in [6.07, 6.45) is 12.5. The molecule has 0 spiro atoms. The van der Waals surface area contributed by atoms with Crippen LogP contribution in [0, 0.1) is 5.92 Å². The maximum absolute atomic E-state index is 11.7. The monoisotopic (exact) mass is 363 g/mol. The van der Waals surface area contributed by atoms with E-state index in [2.05, 4.69) is 15.1 Å². The summed E-state index contributed by atoms with van der Waals surface area (Å²) in [6.45, 7) is 6.18. The molecule has 1 saturated carbocycles. The van der Waals surface area contributed by atoms with E-state index >= 15 is 0 Å². The van der Waals surface area contributed by atoms with Gasteiger partial charge in [-0.2, -0.15) is 0 Å². The van der Waals surface area contributed by atoms with Gasteiger partial charge in [-0.3, -0.25) is 4.79 Å². The third kappa shape index (κ3) is 8.02. The molecule has 0 aromatic carbocycles. The Kier molecular flexibility index (Phi) is 8.13. The Balaban J connectivity index is 1.73. The van der Waals surface area contributed by atoms with Crippen LogP contribution in [0.1, 0.15) is 77.8 Å². The number of carbonyl (C=O) groups excluding carboxylic acids is 1. The zero-order chi connectivity index (χ0) is 18.8. The minimum atomic E-state index is -0.417. The minimum Gasteiger partial charge on any atom is -0.460 e. The largest absolute Gasteiger partial charge is 0.460 e. The topological polar surface area (TPSA) is 76.6 Å². The van der Waals surface area contributed by atoms with Gasteiger partial charge in [-0.05, 0) is 46.5 Å². The number of aromatic amines is 1. The molecule has 26 heavy (non-hydrogen) atoms. The van der Waals surface area contributed by atoms with Crippen molar-refractivity contribution in [3.05, 3.63) is 18.2 Å². The number of hydrogen-bond acceptors (Lipinski definition) is 5. The van der Waals surface area contributed by atoms with E-state index in [1.165, 1.54) is 32.1 Å². The number of imidazole rings is 1. The molecule has 1 fully saturated rings. The third-order valence-corrected chi connectivity index (χ3v) is 4.47. The van der Waals surface area contributed by atoms with Crippen LogP contribution >= 0.6 is 0 Å². The molecule has 0 unspecified atom stereocenters. The van der Waals surface area contributed by atoms with Gasteiger partial charge in [0.05, 0.1) is 12.0 Å². The Bertz CT molecular complexity index is 555. The smallest absolute Gasteiger partial charge is 0.306 e. The molecule has 2 rings (SSSR count). The van der Waals surface area contributed by atoms with E-state index in [0.717, 1.165) is 30.7 Å². The summed E-state index contributed by atoms with van der Waals surface area (Å²) in [5.41, 5.74) is 1.77. The van der Waals surface area contributed by atoms with Crippen molar-refractivity contribution in [2.24, 2.45) is 11.1 Å². The van der Waals surface area contributed by atoms with Crippen LogP contribution in [0.15, 0.2) is 17.7 Å². The average molecular weight is 364 g/mol. The van der Waals surface area contributed by atoms with Crippen molar-refractivity contribution in [3.63, 3.8) is 0 Å². The highest BCUT2D eigenvalue weighted by molar-refractivity contribution is 5.88. The molecule has 1 heterocycles. The van der Waals surface area contributed by atoms with E-state index in [1.54, 1.807) is 6.33 Å². The first-order chi connectivity index (χ1) is 12.4. The lowest BCUT2D eigenvalue weighted by atomic mass is 9.84. The second-order valence-electron chi connectivity index (χ2n) is 8.05. The summed E-state index contributed by atoms with van der Waals surface area (Å²) < 4.78 is 5.30. The van der Waals surface area contributed by atoms with Crippen LogP contribution in [0.4, 0.5) is 0 Å². The number of carbonyl (C=O) groups is 1. The highest BCUT2D eigenvalue weighted by Gasteiger charge is 2.21. The Labute approximate surface area is 156 Å². The number of nitrogens with one attached hydrogen (secondary N) is 1. The molecular formula is C20H33N3O3. The van der Waals surface area contributed by atoms with Crippen LogP contribution in [0.3, 0.4) is 0 Å². The number of aromatic nitrogens is 2. The van der Waals surface area contributed by atoms with E-state index in [4.69, 9.17) is 9.57 Å². The summed E-state index contributed by atoms with van der Waals surface area (Å²) in [6, 6.07) is 0. The Morgan fingerprint density at radius 2 is 2.04 bits per heavy atom. The molecule has 6 heteroatoms. The molecule has 0 amide bonds. The summed E-state index contributed by atoms with van der Waals surface area (Å²) in [4.78, 5) is 24.5. The van der Waals surface area contributed by atoms with Crippen LogP contribution in [0.25, 0.3) is 0 Å². The molecule has 1 aromatic rings. The number of ether oxygens (including phenoxy) is 1. The molecule has 0 atom stereocenters. The Hall–Kier alpha value is -1.85. The molecule has 1 aliphatic carbocycles. The first kappa shape index (κ1) is 20.5. The summed E-state index contributed by atoms with van der Waals surface area (Å²) >= 11 is 0. The molecule has 146 valence electrons. The molecule has 0 bridgehead atoms. The van der Waals surface area contributed by atoms with Gasteiger partial charge in [0.1, 0.15) is 12.2 Å². The normalized spacial score (nSPS) is 16.5. The standard InChI is InChI=1S/C20H33N3O3/c1-20(2,3)26-19(24)11-7-8-12-25-23-18(13-17-14-21-15-22-17)16-9-5-4-6-10-16/h14-16H,4-13H2,1-3H3,(H,21,22). The van der Waals surface area contributed by atoms with Gasteiger partial charge in [-0.1, -0.05) is 24.4 Å². The van der Waals surface area contributed by atoms with E-state index in [9.17, 15) is 4.79 Å². The zero-order valence-corrected chi connectivity index (χ0v) is 16.4. The van der Waals surface area contributed by atoms with Crippen LogP contribution in [-0.4, -0.2) is 33.9 Å². The van der Waals surface area contributed by atoms with Crippen molar-refractivity contribution in [3.8, 4) is 0 Å². The van der Waals surface area contributed by atoms with Gasteiger partial charge in [-0.15, -0.1) is 0 Å². The number of nitrogens with zero attached hydrogens (tertiary/aromatic N) is 2. The molecule has 1 aliphatic rings. The van der Waals surface area contributed by atoms with Crippen molar-refractivity contribution < 1.29 is 14.4 Å². The van der Waals surface area contributed by atoms with E-state index in [0.29, 0.717) is 18.9 Å². The van der Waals surface area contributed by atoms with Gasteiger partial charge in [0.15, 0.2) is 0 Å². The number of unbranched alkanes of at least 4 members (excludes halogenated alkanes) is 1. The number of hydrogen-bond donors (Lipinski definition) is 1. The first-order valence-electron chi connectivity index (χ1n) is 9.82. The lowest BCUT2D eigenvalue weighted by Gasteiger charge is -2.22. The fraction of sp³-hybridized carbons (Fsp3) is 0.750. The van der Waals surface area contributed by atoms with Crippen molar-refractivity contribution in [2.45, 2.75) is 84.2 Å². The second kappa shape index (κ2) is 10.3. The summed E-state index contributed by atoms with van der Waals surface area (Å²) in [5, 5.41) is 4.45. The van der Waals surface area contributed by atoms with Gasteiger partial charge in [0.2, 0.25) is 0 Å². The highest BCUT2D eigenvalue weighted by Crippen LogP contribution is 2.26. The molecule has 0 saturated heterocycles. The van der Waals surface area contributed by atoms with Crippen LogP contribution in [0.2, 0.25) is 0 Å². The predicted molar refractivity (Wildman–Crippen MR) is 102 cm³/mol. The average Bonchev–Trinajstić information content (AvgIpc) is 3.09. The van der Waals surface area contributed by atoms with Crippen molar-refractivity contribution >= 4 is 11.7 Å². The number of oxime groups is 1. The van der Waals surface area contributed by atoms with Gasteiger partial charge < -0.3 is 14.6 Å². The molecule has 1 aromatic heterocycles. The fourth-order valence-electron chi connectivity index (χ4n) is 3.22. The molecule has 0 aliphatic heterocycles. The summed E-state index contributed by atoms with van der Waals surface area (Å²) in [7, 11) is 0. The van der Waals surface area contributed by atoms with Gasteiger partial charge >= 0.3 is 5.97 Å². The van der Waals surface area contributed by atoms with Gasteiger partial charge in [0, 0.05) is 30.7 Å². The molecular weight excluding hydrogens is 330 g/mol. The van der Waals surface area contributed by atoms with Crippen LogP contribution in [-0.2, 0) is 20.8 Å². The quantitative estimate of drug-likeness (QED) is 0.305. The van der Waals surface area contributed by atoms with Crippen LogP contribution < -0.4 is 0 Å². The summed E-state index contributed by atoms with van der Waals surface area (Å²) in [5.74, 6) is 0.358. The van der Waals surface area contributed by atoms with E-state index < -0.39 is 5.60 Å². The van der Waals surface area contributed by atoms with Crippen molar-refractivity contribution in [2.75, 3.05) is 6.61 Å². The Morgan fingerprint density at radius 1 is 1.27 bits per heavy atom. The van der Waals surface area contributed by atoms with E-state index in [1.807, 2.05) is 27.0 Å². The van der Waals surface area contributed by atoms with Crippen LogP contribution in [0.5, 0.6) is 0 Å². The van der Waals surface area contributed by atoms with Crippen molar-refractivity contribution in [1.82, 2.24) is 9.97 Å².